The Morgan fingerprint density at radius 3 is 1.41 bits per heavy atom. The van der Waals surface area contributed by atoms with Crippen molar-refractivity contribution >= 4 is 5.97 Å². The lowest BCUT2D eigenvalue weighted by Crippen LogP contribution is -2.27. The first-order chi connectivity index (χ1) is 24.2. The Hall–Kier alpha value is -2.17. The molecular formula is C45H78O4. The van der Waals surface area contributed by atoms with Crippen LogP contribution in [0.3, 0.4) is 0 Å². The van der Waals surface area contributed by atoms with E-state index in [1.807, 2.05) is 0 Å². The number of carbonyl (C=O) groups is 1. The molecule has 0 bridgehead atoms. The lowest BCUT2D eigenvalue weighted by atomic mass is 10.1. The summed E-state index contributed by atoms with van der Waals surface area (Å²) in [7, 11) is 0. The molecule has 0 saturated carbocycles. The molecule has 0 aromatic rings. The van der Waals surface area contributed by atoms with Gasteiger partial charge in [0.05, 0.1) is 13.2 Å². The van der Waals surface area contributed by atoms with E-state index < -0.39 is 6.10 Å². The Morgan fingerprint density at radius 1 is 0.510 bits per heavy atom. The van der Waals surface area contributed by atoms with Gasteiger partial charge in [-0.3, -0.25) is 4.79 Å². The molecule has 4 nitrogen and oxygen atoms in total. The van der Waals surface area contributed by atoms with Crippen LogP contribution in [0.1, 0.15) is 181 Å². The van der Waals surface area contributed by atoms with Crippen LogP contribution in [0, 0.1) is 0 Å². The second-order valence-electron chi connectivity index (χ2n) is 13.3. The van der Waals surface area contributed by atoms with Gasteiger partial charge in [0, 0.05) is 13.0 Å². The van der Waals surface area contributed by atoms with E-state index in [1.54, 1.807) is 0 Å². The molecule has 0 aliphatic rings. The first-order valence-corrected chi connectivity index (χ1v) is 20.5. The van der Waals surface area contributed by atoms with Gasteiger partial charge in [-0.2, -0.15) is 0 Å². The number of ether oxygens (including phenoxy) is 2. The highest BCUT2D eigenvalue weighted by Gasteiger charge is 2.13. The maximum absolute atomic E-state index is 12.2. The number of aliphatic hydroxyl groups is 1. The first kappa shape index (κ1) is 46.8. The highest BCUT2D eigenvalue weighted by molar-refractivity contribution is 5.69. The van der Waals surface area contributed by atoms with E-state index in [0.29, 0.717) is 13.0 Å². The molecule has 4 heteroatoms. The molecule has 0 aromatic carbocycles. The van der Waals surface area contributed by atoms with Crippen molar-refractivity contribution in [3.63, 3.8) is 0 Å². The number of carbonyl (C=O) groups excluding carboxylic acids is 1. The van der Waals surface area contributed by atoms with Gasteiger partial charge < -0.3 is 14.6 Å². The number of rotatable bonds is 37. The lowest BCUT2D eigenvalue weighted by Gasteiger charge is -2.15. The molecule has 49 heavy (non-hydrogen) atoms. The smallest absolute Gasteiger partial charge is 0.306 e. The minimum Gasteiger partial charge on any atom is -0.457 e. The SMILES string of the molecule is CC/C=C\C/C=C\C/C=C\C/C=C\C/C=C\CCCCCCCC(=O)OC(CO)COCCCCCCCC/C=C\CCCCCCCC. The molecule has 0 heterocycles. The topological polar surface area (TPSA) is 55.8 Å². The Balaban J connectivity index is 3.53. The third-order valence-corrected chi connectivity index (χ3v) is 8.52. The number of allylic oxidation sites excluding steroid dienone is 12. The molecule has 1 atom stereocenters. The Morgan fingerprint density at radius 2 is 0.918 bits per heavy atom. The van der Waals surface area contributed by atoms with Crippen LogP contribution >= 0.6 is 0 Å². The van der Waals surface area contributed by atoms with E-state index in [1.165, 1.54) is 96.3 Å². The van der Waals surface area contributed by atoms with Crippen molar-refractivity contribution in [1.29, 1.82) is 0 Å². The van der Waals surface area contributed by atoms with Crippen LogP contribution in [0.2, 0.25) is 0 Å². The number of hydrogen-bond acceptors (Lipinski definition) is 4. The summed E-state index contributed by atoms with van der Waals surface area (Å²) in [5.74, 6) is -0.223. The quantitative estimate of drug-likeness (QED) is 0.0402. The minimum atomic E-state index is -0.551. The van der Waals surface area contributed by atoms with Gasteiger partial charge >= 0.3 is 5.97 Å². The molecule has 1 N–H and O–H groups in total. The second-order valence-corrected chi connectivity index (χ2v) is 13.3. The van der Waals surface area contributed by atoms with Crippen molar-refractivity contribution in [2.45, 2.75) is 187 Å². The zero-order chi connectivity index (χ0) is 35.6. The summed E-state index contributed by atoms with van der Waals surface area (Å²) in [6.07, 6.45) is 56.6. The number of aliphatic hydroxyl groups excluding tert-OH is 1. The molecule has 0 rings (SSSR count). The zero-order valence-corrected chi connectivity index (χ0v) is 32.2. The van der Waals surface area contributed by atoms with Gasteiger partial charge in [-0.1, -0.05) is 164 Å². The molecule has 0 saturated heterocycles. The number of hydrogen-bond donors (Lipinski definition) is 1. The summed E-state index contributed by atoms with van der Waals surface area (Å²) in [5.41, 5.74) is 0. The normalized spacial score (nSPS) is 13.1. The highest BCUT2D eigenvalue weighted by atomic mass is 16.6. The molecule has 0 aliphatic carbocycles. The van der Waals surface area contributed by atoms with Crippen LogP contribution in [0.25, 0.3) is 0 Å². The van der Waals surface area contributed by atoms with Crippen molar-refractivity contribution < 1.29 is 19.4 Å². The molecule has 0 fully saturated rings. The molecule has 0 amide bonds. The molecule has 0 aliphatic heterocycles. The Labute approximate surface area is 304 Å². The van der Waals surface area contributed by atoms with E-state index in [-0.39, 0.29) is 19.2 Å². The predicted molar refractivity (Wildman–Crippen MR) is 214 cm³/mol. The Bertz CT molecular complexity index is 850. The summed E-state index contributed by atoms with van der Waals surface area (Å²) >= 11 is 0. The van der Waals surface area contributed by atoms with Gasteiger partial charge in [0.25, 0.3) is 0 Å². The summed E-state index contributed by atoms with van der Waals surface area (Å²) in [4.78, 5) is 12.2. The van der Waals surface area contributed by atoms with Gasteiger partial charge in [0.2, 0.25) is 0 Å². The van der Waals surface area contributed by atoms with Crippen LogP contribution in [0.15, 0.2) is 72.9 Å². The fourth-order valence-corrected chi connectivity index (χ4v) is 5.47. The minimum absolute atomic E-state index is 0.186. The van der Waals surface area contributed by atoms with E-state index in [2.05, 4.69) is 86.8 Å². The fourth-order valence-electron chi connectivity index (χ4n) is 5.47. The molecule has 0 radical (unpaired) electrons. The average Bonchev–Trinajstić information content (AvgIpc) is 3.11. The standard InChI is InChI=1S/C45H78O4/c1-3-5-7-9-11-13-15-17-19-21-22-23-24-25-26-28-30-32-34-36-38-40-45(47)49-44(42-46)43-48-41-39-37-35-33-31-29-27-20-18-16-14-12-10-8-6-4-2/h5,7,11,13,17-20,22-23,25-26,44,46H,3-4,6,8-10,12,14-16,21,24,27-43H2,1-2H3/b7-5-,13-11-,19-17-,20-18-,23-22-,26-25-. The number of unbranched alkanes of at least 4 members (excludes halogenated alkanes) is 17. The molecule has 0 spiro atoms. The van der Waals surface area contributed by atoms with Gasteiger partial charge in [-0.05, 0) is 83.5 Å². The summed E-state index contributed by atoms with van der Waals surface area (Å²) < 4.78 is 11.1. The average molecular weight is 683 g/mol. The van der Waals surface area contributed by atoms with E-state index in [0.717, 1.165) is 64.2 Å². The van der Waals surface area contributed by atoms with Gasteiger partial charge in [0.1, 0.15) is 6.10 Å². The molecule has 0 aromatic heterocycles. The largest absolute Gasteiger partial charge is 0.457 e. The van der Waals surface area contributed by atoms with Crippen LogP contribution in [0.4, 0.5) is 0 Å². The molecular weight excluding hydrogens is 604 g/mol. The highest BCUT2D eigenvalue weighted by Crippen LogP contribution is 2.12. The Kier molecular flexibility index (Phi) is 40.1. The first-order valence-electron chi connectivity index (χ1n) is 20.5. The summed E-state index contributed by atoms with van der Waals surface area (Å²) in [6.45, 7) is 5.19. The van der Waals surface area contributed by atoms with Crippen molar-refractivity contribution in [2.75, 3.05) is 19.8 Å². The van der Waals surface area contributed by atoms with Gasteiger partial charge in [-0.15, -0.1) is 0 Å². The maximum Gasteiger partial charge on any atom is 0.306 e. The lowest BCUT2D eigenvalue weighted by molar-refractivity contribution is -0.154. The van der Waals surface area contributed by atoms with Crippen molar-refractivity contribution in [1.82, 2.24) is 0 Å². The summed E-state index contributed by atoms with van der Waals surface area (Å²) in [5, 5.41) is 9.59. The monoisotopic (exact) mass is 683 g/mol. The third-order valence-electron chi connectivity index (χ3n) is 8.52. The third kappa shape index (κ3) is 40.1. The van der Waals surface area contributed by atoms with Crippen LogP contribution < -0.4 is 0 Å². The zero-order valence-electron chi connectivity index (χ0n) is 32.2. The van der Waals surface area contributed by atoms with Crippen LogP contribution in [-0.2, 0) is 14.3 Å². The van der Waals surface area contributed by atoms with Crippen LogP contribution in [0.5, 0.6) is 0 Å². The maximum atomic E-state index is 12.2. The predicted octanol–water partition coefficient (Wildman–Crippen LogP) is 13.4. The van der Waals surface area contributed by atoms with Crippen molar-refractivity contribution in [3.8, 4) is 0 Å². The fraction of sp³-hybridized carbons (Fsp3) is 0.711. The number of esters is 1. The molecule has 1 unspecified atom stereocenters. The summed E-state index contributed by atoms with van der Waals surface area (Å²) in [6, 6.07) is 0. The van der Waals surface area contributed by atoms with E-state index in [9.17, 15) is 9.90 Å². The van der Waals surface area contributed by atoms with Crippen LogP contribution in [-0.4, -0.2) is 37.0 Å². The van der Waals surface area contributed by atoms with E-state index in [4.69, 9.17) is 9.47 Å². The van der Waals surface area contributed by atoms with E-state index >= 15 is 0 Å². The molecule has 282 valence electrons. The van der Waals surface area contributed by atoms with Gasteiger partial charge in [-0.25, -0.2) is 0 Å². The second kappa shape index (κ2) is 42.0. The van der Waals surface area contributed by atoms with Crippen molar-refractivity contribution in [2.24, 2.45) is 0 Å². The van der Waals surface area contributed by atoms with Crippen molar-refractivity contribution in [3.05, 3.63) is 72.9 Å². The van der Waals surface area contributed by atoms with Gasteiger partial charge in [0.15, 0.2) is 0 Å².